The molecule has 0 saturated heterocycles. The Morgan fingerprint density at radius 3 is 2.79 bits per heavy atom. The summed E-state index contributed by atoms with van der Waals surface area (Å²) in [5.74, 6) is -0.928. The van der Waals surface area contributed by atoms with Gasteiger partial charge in [-0.05, 0) is 25.5 Å². The van der Waals surface area contributed by atoms with Crippen molar-refractivity contribution >= 4 is 51.4 Å². The Morgan fingerprint density at radius 2 is 2.12 bits per heavy atom. The van der Waals surface area contributed by atoms with Gasteiger partial charge in [-0.2, -0.15) is 5.10 Å². The molecule has 0 aliphatic carbocycles. The Bertz CT molecular complexity index is 847. The van der Waals surface area contributed by atoms with Gasteiger partial charge in [-0.3, -0.25) is 9.59 Å². The second kappa shape index (κ2) is 7.78. The molecule has 128 valence electrons. The zero-order chi connectivity index (χ0) is 17.9. The van der Waals surface area contributed by atoms with Gasteiger partial charge in [-0.15, -0.1) is 11.3 Å². The molecule has 0 aliphatic heterocycles. The molecule has 24 heavy (non-hydrogen) atoms. The number of aromatic nitrogens is 2. The Labute approximate surface area is 151 Å². The van der Waals surface area contributed by atoms with Crippen molar-refractivity contribution in [2.75, 3.05) is 11.9 Å². The normalized spacial score (nSPS) is 10.5. The maximum absolute atomic E-state index is 12.1. The van der Waals surface area contributed by atoms with E-state index in [1.807, 2.05) is 0 Å². The fraction of sp³-hybridized carbons (Fsp3) is 0.286. The number of hydrogen-bond acceptors (Lipinski definition) is 6. The molecule has 2 heterocycles. The number of amides is 1. The number of nitrogens with zero attached hydrogens (tertiary/aromatic N) is 2. The van der Waals surface area contributed by atoms with Crippen LogP contribution in [-0.4, -0.2) is 28.3 Å². The number of thiophene rings is 1. The highest BCUT2D eigenvalue weighted by Gasteiger charge is 2.17. The number of esters is 1. The molecule has 2 rings (SSSR count). The zero-order valence-corrected chi connectivity index (χ0v) is 15.1. The molecule has 1 N–H and O–H groups in total. The third kappa shape index (κ3) is 4.14. The van der Waals surface area contributed by atoms with Crippen LogP contribution in [0.3, 0.4) is 0 Å². The largest absolute Gasteiger partial charge is 0.462 e. The Hall–Kier alpha value is -1.90. The number of carbonyl (C=O) groups is 2. The van der Waals surface area contributed by atoms with Gasteiger partial charge in [0.25, 0.3) is 5.56 Å². The van der Waals surface area contributed by atoms with Crippen LogP contribution in [-0.2, 0) is 16.1 Å². The molecule has 0 atom stereocenters. The van der Waals surface area contributed by atoms with Crippen molar-refractivity contribution in [3.8, 4) is 0 Å². The first-order valence-electron chi connectivity index (χ1n) is 6.82. The van der Waals surface area contributed by atoms with Crippen LogP contribution in [0.15, 0.2) is 17.1 Å². The Morgan fingerprint density at radius 1 is 1.42 bits per heavy atom. The predicted octanol–water partition coefficient (Wildman–Crippen LogP) is 2.74. The summed E-state index contributed by atoms with van der Waals surface area (Å²) in [6, 6.07) is 1.65. The monoisotopic (exact) mass is 389 g/mol. The second-order valence-corrected chi connectivity index (χ2v) is 6.50. The summed E-state index contributed by atoms with van der Waals surface area (Å²) in [5, 5.41) is 6.65. The minimum Gasteiger partial charge on any atom is -0.462 e. The summed E-state index contributed by atoms with van der Waals surface area (Å²) < 4.78 is 5.84. The Kier molecular flexibility index (Phi) is 5.98. The highest BCUT2D eigenvalue weighted by Crippen LogP contribution is 2.27. The maximum Gasteiger partial charge on any atom is 0.348 e. The highest BCUT2D eigenvalue weighted by molar-refractivity contribution is 7.18. The highest BCUT2D eigenvalue weighted by atomic mass is 35.5. The Balaban J connectivity index is 2.11. The minimum atomic E-state index is -0.658. The first-order valence-corrected chi connectivity index (χ1v) is 8.39. The van der Waals surface area contributed by atoms with Gasteiger partial charge in [0.2, 0.25) is 5.91 Å². The van der Waals surface area contributed by atoms with E-state index in [1.165, 1.54) is 6.20 Å². The lowest BCUT2D eigenvalue weighted by atomic mass is 10.3. The fourth-order valence-corrected chi connectivity index (χ4v) is 3.07. The SMILES string of the molecule is CCOC(=O)c1sc(NC(=O)Cn2ncc(Cl)c(Cl)c2=O)cc1C. The summed E-state index contributed by atoms with van der Waals surface area (Å²) in [5.41, 5.74) is 0.0347. The molecule has 0 bridgehead atoms. The van der Waals surface area contributed by atoms with E-state index in [4.69, 9.17) is 27.9 Å². The van der Waals surface area contributed by atoms with E-state index in [-0.39, 0.29) is 23.2 Å². The molecule has 0 unspecified atom stereocenters. The lowest BCUT2D eigenvalue weighted by Crippen LogP contribution is -2.29. The van der Waals surface area contributed by atoms with Gasteiger partial charge in [0, 0.05) is 0 Å². The van der Waals surface area contributed by atoms with E-state index < -0.39 is 17.4 Å². The molecule has 0 aliphatic rings. The van der Waals surface area contributed by atoms with Crippen molar-refractivity contribution in [3.05, 3.63) is 43.1 Å². The minimum absolute atomic E-state index is 0.0197. The molecule has 2 aromatic heterocycles. The van der Waals surface area contributed by atoms with E-state index in [0.29, 0.717) is 15.4 Å². The first kappa shape index (κ1) is 18.4. The number of carbonyl (C=O) groups excluding carboxylic acids is 2. The van der Waals surface area contributed by atoms with Gasteiger partial charge >= 0.3 is 5.97 Å². The quantitative estimate of drug-likeness (QED) is 0.793. The summed E-state index contributed by atoms with van der Waals surface area (Å²) in [4.78, 5) is 36.1. The van der Waals surface area contributed by atoms with E-state index in [9.17, 15) is 14.4 Å². The number of rotatable bonds is 5. The molecule has 0 radical (unpaired) electrons. The molecule has 1 amide bonds. The molecular formula is C14H13Cl2N3O4S. The van der Waals surface area contributed by atoms with E-state index in [2.05, 4.69) is 10.4 Å². The van der Waals surface area contributed by atoms with Gasteiger partial charge < -0.3 is 10.1 Å². The average molecular weight is 390 g/mol. The smallest absolute Gasteiger partial charge is 0.348 e. The van der Waals surface area contributed by atoms with Crippen LogP contribution in [0.25, 0.3) is 0 Å². The van der Waals surface area contributed by atoms with E-state index in [1.54, 1.807) is 19.9 Å². The second-order valence-electron chi connectivity index (χ2n) is 4.66. The lowest BCUT2D eigenvalue weighted by Gasteiger charge is -2.05. The van der Waals surface area contributed by atoms with Crippen LogP contribution >= 0.6 is 34.5 Å². The molecule has 0 fully saturated rings. The predicted molar refractivity (Wildman–Crippen MR) is 92.2 cm³/mol. The van der Waals surface area contributed by atoms with Gasteiger partial charge in [0.15, 0.2) is 0 Å². The van der Waals surface area contributed by atoms with Crippen LogP contribution < -0.4 is 10.9 Å². The van der Waals surface area contributed by atoms with Gasteiger partial charge in [-0.25, -0.2) is 9.48 Å². The molecular weight excluding hydrogens is 377 g/mol. The summed E-state index contributed by atoms with van der Waals surface area (Å²) in [7, 11) is 0. The van der Waals surface area contributed by atoms with Crippen LogP contribution in [0.4, 0.5) is 5.00 Å². The van der Waals surface area contributed by atoms with Crippen LogP contribution in [0.1, 0.15) is 22.2 Å². The van der Waals surface area contributed by atoms with Crippen molar-refractivity contribution in [1.29, 1.82) is 0 Å². The van der Waals surface area contributed by atoms with Crippen molar-refractivity contribution in [2.24, 2.45) is 0 Å². The first-order chi connectivity index (χ1) is 11.3. The van der Waals surface area contributed by atoms with E-state index >= 15 is 0 Å². The molecule has 0 saturated carbocycles. The van der Waals surface area contributed by atoms with Crippen LogP contribution in [0.5, 0.6) is 0 Å². The molecule has 10 heteroatoms. The van der Waals surface area contributed by atoms with Gasteiger partial charge in [0.1, 0.15) is 16.4 Å². The third-order valence-electron chi connectivity index (χ3n) is 2.88. The van der Waals surface area contributed by atoms with E-state index in [0.717, 1.165) is 16.0 Å². The molecule has 0 spiro atoms. The summed E-state index contributed by atoms with van der Waals surface area (Å²) in [6.07, 6.45) is 1.19. The average Bonchev–Trinajstić information content (AvgIpc) is 2.88. The number of aryl methyl sites for hydroxylation is 1. The fourth-order valence-electron chi connectivity index (χ4n) is 1.81. The third-order valence-corrected chi connectivity index (χ3v) is 4.76. The van der Waals surface area contributed by atoms with Crippen molar-refractivity contribution in [2.45, 2.75) is 20.4 Å². The van der Waals surface area contributed by atoms with Crippen molar-refractivity contribution < 1.29 is 14.3 Å². The summed E-state index contributed by atoms with van der Waals surface area (Å²) >= 11 is 12.5. The van der Waals surface area contributed by atoms with Crippen molar-refractivity contribution in [1.82, 2.24) is 9.78 Å². The maximum atomic E-state index is 12.1. The number of hydrogen-bond donors (Lipinski definition) is 1. The number of ether oxygens (including phenoxy) is 1. The van der Waals surface area contributed by atoms with Crippen molar-refractivity contribution in [3.63, 3.8) is 0 Å². The van der Waals surface area contributed by atoms with Gasteiger partial charge in [-0.1, -0.05) is 23.2 Å². The van der Waals surface area contributed by atoms with Crippen LogP contribution in [0.2, 0.25) is 10.0 Å². The number of halogens is 2. The molecule has 2 aromatic rings. The number of nitrogens with one attached hydrogen (secondary N) is 1. The lowest BCUT2D eigenvalue weighted by molar-refractivity contribution is -0.117. The molecule has 0 aromatic carbocycles. The standard InChI is InChI=1S/C14H13Cl2N3O4S/c1-3-23-14(22)12-7(2)4-10(24-12)18-9(20)6-19-13(21)11(16)8(15)5-17-19/h4-5H,3,6H2,1-2H3,(H,18,20). The topological polar surface area (TPSA) is 90.3 Å². The van der Waals surface area contributed by atoms with Gasteiger partial charge in [0.05, 0.1) is 22.8 Å². The zero-order valence-electron chi connectivity index (χ0n) is 12.8. The summed E-state index contributed by atoms with van der Waals surface area (Å²) in [6.45, 7) is 3.39. The molecule has 7 nitrogen and oxygen atoms in total. The number of anilines is 1. The van der Waals surface area contributed by atoms with Crippen LogP contribution in [0, 0.1) is 6.92 Å².